The van der Waals surface area contributed by atoms with Gasteiger partial charge in [0.1, 0.15) is 0 Å². The highest BCUT2D eigenvalue weighted by atomic mass is 16.4. The van der Waals surface area contributed by atoms with Gasteiger partial charge in [0.05, 0.1) is 11.8 Å². The lowest BCUT2D eigenvalue weighted by Gasteiger charge is -2.23. The van der Waals surface area contributed by atoms with Crippen molar-refractivity contribution in [2.75, 3.05) is 11.9 Å². The molecule has 0 saturated heterocycles. The zero-order valence-corrected chi connectivity index (χ0v) is 12.9. The second kappa shape index (κ2) is 6.29. The van der Waals surface area contributed by atoms with Gasteiger partial charge in [-0.15, -0.1) is 0 Å². The Bertz CT molecular complexity index is 523. The summed E-state index contributed by atoms with van der Waals surface area (Å²) < 4.78 is 0. The van der Waals surface area contributed by atoms with Crippen molar-refractivity contribution in [3.63, 3.8) is 0 Å². The second-order valence-corrected chi connectivity index (χ2v) is 6.03. The molecule has 1 amide bonds. The third-order valence-corrected chi connectivity index (χ3v) is 4.62. The molecule has 4 heteroatoms. The summed E-state index contributed by atoms with van der Waals surface area (Å²) in [6.07, 6.45) is 2.23. The Morgan fingerprint density at radius 2 is 1.76 bits per heavy atom. The van der Waals surface area contributed by atoms with Crippen LogP contribution in [0.2, 0.25) is 0 Å². The quantitative estimate of drug-likeness (QED) is 0.926. The number of carbonyl (C=O) groups is 2. The summed E-state index contributed by atoms with van der Waals surface area (Å²) in [5.41, 5.74) is 1.95. The van der Waals surface area contributed by atoms with Gasteiger partial charge in [-0.3, -0.25) is 9.59 Å². The summed E-state index contributed by atoms with van der Waals surface area (Å²) >= 11 is 0. The van der Waals surface area contributed by atoms with Crippen LogP contribution in [0.5, 0.6) is 0 Å². The van der Waals surface area contributed by atoms with E-state index >= 15 is 0 Å². The van der Waals surface area contributed by atoms with Crippen molar-refractivity contribution in [3.05, 3.63) is 29.8 Å². The van der Waals surface area contributed by atoms with Crippen molar-refractivity contribution in [1.29, 1.82) is 0 Å². The number of carboxylic acids is 1. The number of hydrogen-bond acceptors (Lipinski definition) is 2. The maximum Gasteiger partial charge on any atom is 0.307 e. The minimum atomic E-state index is -0.846. The van der Waals surface area contributed by atoms with Crippen LogP contribution >= 0.6 is 0 Å². The fourth-order valence-electron chi connectivity index (χ4n) is 3.17. The Morgan fingerprint density at radius 3 is 2.29 bits per heavy atom. The predicted octanol–water partition coefficient (Wildman–Crippen LogP) is 3.09. The molecule has 1 aromatic carbocycles. The van der Waals surface area contributed by atoms with Crippen LogP contribution in [0.15, 0.2) is 24.3 Å². The molecule has 3 atom stereocenters. The maximum atomic E-state index is 12.7. The van der Waals surface area contributed by atoms with Crippen molar-refractivity contribution in [3.8, 4) is 0 Å². The van der Waals surface area contributed by atoms with Crippen molar-refractivity contribution in [2.24, 2.45) is 17.8 Å². The van der Waals surface area contributed by atoms with E-state index in [-0.39, 0.29) is 5.91 Å². The van der Waals surface area contributed by atoms with E-state index in [0.29, 0.717) is 18.8 Å². The molecule has 21 heavy (non-hydrogen) atoms. The molecule has 0 radical (unpaired) electrons. The number of carboxylic acid groups (broad SMARTS) is 1. The Hall–Kier alpha value is -1.84. The largest absolute Gasteiger partial charge is 0.481 e. The molecule has 1 N–H and O–H groups in total. The second-order valence-electron chi connectivity index (χ2n) is 6.03. The monoisotopic (exact) mass is 289 g/mol. The van der Waals surface area contributed by atoms with Gasteiger partial charge < -0.3 is 10.0 Å². The third kappa shape index (κ3) is 3.26. The Morgan fingerprint density at radius 1 is 1.19 bits per heavy atom. The predicted molar refractivity (Wildman–Crippen MR) is 82.2 cm³/mol. The number of anilines is 1. The molecule has 4 nitrogen and oxygen atoms in total. The van der Waals surface area contributed by atoms with E-state index < -0.39 is 17.8 Å². The highest BCUT2D eigenvalue weighted by Gasteiger charge is 2.43. The molecule has 0 aliphatic heterocycles. The lowest BCUT2D eigenvalue weighted by molar-refractivity contribution is -0.145. The van der Waals surface area contributed by atoms with Crippen LogP contribution in [0, 0.1) is 24.7 Å². The topological polar surface area (TPSA) is 57.6 Å². The van der Waals surface area contributed by atoms with E-state index in [0.717, 1.165) is 17.7 Å². The first-order chi connectivity index (χ1) is 9.93. The molecule has 0 bridgehead atoms. The van der Waals surface area contributed by atoms with Gasteiger partial charge >= 0.3 is 5.97 Å². The summed E-state index contributed by atoms with van der Waals surface area (Å²) in [5.74, 6) is -1.54. The molecule has 1 fully saturated rings. The van der Waals surface area contributed by atoms with Crippen molar-refractivity contribution >= 4 is 17.6 Å². The van der Waals surface area contributed by atoms with Gasteiger partial charge in [0.25, 0.3) is 0 Å². The van der Waals surface area contributed by atoms with Crippen molar-refractivity contribution in [2.45, 2.75) is 33.1 Å². The van der Waals surface area contributed by atoms with Crippen LogP contribution in [-0.2, 0) is 9.59 Å². The Labute approximate surface area is 125 Å². The molecule has 0 aromatic heterocycles. The standard InChI is InChI=1S/C17H23NO3/c1-4-12-9-14(15(10-12)17(20)21)16(19)18(3)13-7-5-11(2)6-8-13/h5-8,12,14-15H,4,9-10H2,1-3H3,(H,20,21)/t12?,14-,15+/m0/s1. The third-order valence-electron chi connectivity index (χ3n) is 4.62. The van der Waals surface area contributed by atoms with Gasteiger partial charge in [0, 0.05) is 12.7 Å². The fourth-order valence-corrected chi connectivity index (χ4v) is 3.17. The highest BCUT2D eigenvalue weighted by molar-refractivity contribution is 5.97. The zero-order chi connectivity index (χ0) is 15.6. The molecule has 114 valence electrons. The molecule has 1 unspecified atom stereocenters. The molecule has 1 aliphatic rings. The minimum absolute atomic E-state index is 0.0813. The average Bonchev–Trinajstić information content (AvgIpc) is 2.91. The first-order valence-corrected chi connectivity index (χ1v) is 7.51. The molecule has 2 rings (SSSR count). The van der Waals surface area contributed by atoms with Gasteiger partial charge in [-0.25, -0.2) is 0 Å². The van der Waals surface area contributed by atoms with E-state index in [4.69, 9.17) is 0 Å². The molecule has 1 aromatic rings. The lowest BCUT2D eigenvalue weighted by atomic mass is 9.94. The SMILES string of the molecule is CCC1C[C@H](C(=O)N(C)c2ccc(C)cc2)[C@H](C(=O)O)C1. The minimum Gasteiger partial charge on any atom is -0.481 e. The lowest BCUT2D eigenvalue weighted by Crippen LogP contribution is -2.36. The molecule has 0 spiro atoms. The number of rotatable bonds is 4. The van der Waals surface area contributed by atoms with Crippen LogP contribution in [0.1, 0.15) is 31.7 Å². The zero-order valence-electron chi connectivity index (χ0n) is 12.9. The van der Waals surface area contributed by atoms with Gasteiger partial charge in [0.15, 0.2) is 0 Å². The van der Waals surface area contributed by atoms with E-state index in [2.05, 4.69) is 6.92 Å². The highest BCUT2D eigenvalue weighted by Crippen LogP contribution is 2.39. The summed E-state index contributed by atoms with van der Waals surface area (Å²) in [6, 6.07) is 7.71. The van der Waals surface area contributed by atoms with E-state index in [9.17, 15) is 14.7 Å². The average molecular weight is 289 g/mol. The fraction of sp³-hybridized carbons (Fsp3) is 0.529. The van der Waals surface area contributed by atoms with E-state index in [1.54, 1.807) is 11.9 Å². The van der Waals surface area contributed by atoms with Crippen LogP contribution in [0.3, 0.4) is 0 Å². The van der Waals surface area contributed by atoms with Crippen LogP contribution in [0.4, 0.5) is 5.69 Å². The molecule has 0 heterocycles. The molecule has 1 aliphatic carbocycles. The molecular weight excluding hydrogens is 266 g/mol. The number of aliphatic carboxylic acids is 1. The summed E-state index contributed by atoms with van der Waals surface area (Å²) in [6.45, 7) is 4.05. The van der Waals surface area contributed by atoms with Crippen molar-refractivity contribution < 1.29 is 14.7 Å². The van der Waals surface area contributed by atoms with Crippen molar-refractivity contribution in [1.82, 2.24) is 0 Å². The summed E-state index contributed by atoms with van der Waals surface area (Å²) in [7, 11) is 1.73. The first kappa shape index (κ1) is 15.5. The number of amides is 1. The van der Waals surface area contributed by atoms with E-state index in [1.807, 2.05) is 31.2 Å². The number of carbonyl (C=O) groups excluding carboxylic acids is 1. The summed E-state index contributed by atoms with van der Waals surface area (Å²) in [4.78, 5) is 25.7. The Balaban J connectivity index is 2.17. The number of benzene rings is 1. The number of hydrogen-bond donors (Lipinski definition) is 1. The first-order valence-electron chi connectivity index (χ1n) is 7.51. The van der Waals surface area contributed by atoms with Gasteiger partial charge in [-0.05, 0) is 37.8 Å². The van der Waals surface area contributed by atoms with Gasteiger partial charge in [-0.2, -0.15) is 0 Å². The number of aryl methyl sites for hydroxylation is 1. The van der Waals surface area contributed by atoms with Gasteiger partial charge in [0.2, 0.25) is 5.91 Å². The van der Waals surface area contributed by atoms with Gasteiger partial charge in [-0.1, -0.05) is 31.0 Å². The Kier molecular flexibility index (Phi) is 4.66. The molecule has 1 saturated carbocycles. The maximum absolute atomic E-state index is 12.7. The number of nitrogens with zero attached hydrogens (tertiary/aromatic N) is 1. The summed E-state index contributed by atoms with van der Waals surface area (Å²) in [5, 5.41) is 9.36. The van der Waals surface area contributed by atoms with Crippen LogP contribution in [0.25, 0.3) is 0 Å². The normalized spacial score (nSPS) is 24.8. The van der Waals surface area contributed by atoms with E-state index in [1.165, 1.54) is 0 Å². The molecular formula is C17H23NO3. The smallest absolute Gasteiger partial charge is 0.307 e. The van der Waals surface area contributed by atoms with Crippen LogP contribution in [-0.4, -0.2) is 24.0 Å². The van der Waals surface area contributed by atoms with Crippen LogP contribution < -0.4 is 4.90 Å².